The Labute approximate surface area is 348 Å². The van der Waals surface area contributed by atoms with Crippen molar-refractivity contribution < 1.29 is 31.9 Å². The van der Waals surface area contributed by atoms with Crippen LogP contribution in [0.3, 0.4) is 0 Å². The maximum absolute atomic E-state index is 17.7. The van der Waals surface area contributed by atoms with Gasteiger partial charge in [0.15, 0.2) is 6.17 Å². The number of halogens is 5. The summed E-state index contributed by atoms with van der Waals surface area (Å²) < 4.78 is 75.6. The Morgan fingerprint density at radius 2 is 1.62 bits per heavy atom. The molecule has 1 aromatic rings. The maximum Gasteiger partial charge on any atom is 0.270 e. The third kappa shape index (κ3) is 14.0. The Morgan fingerprint density at radius 3 is 2.14 bits per heavy atom. The van der Waals surface area contributed by atoms with Crippen LogP contribution in [0.4, 0.5) is 22.0 Å². The van der Waals surface area contributed by atoms with Gasteiger partial charge in [0.05, 0.1) is 18.2 Å². The van der Waals surface area contributed by atoms with Crippen molar-refractivity contribution in [2.24, 2.45) is 22.2 Å². The van der Waals surface area contributed by atoms with Crippen molar-refractivity contribution >= 4 is 6.72 Å². The van der Waals surface area contributed by atoms with Crippen molar-refractivity contribution in [1.82, 2.24) is 14.9 Å². The standard InChI is InChI=1S/C43H65F5N4O2.2C2H6/c1-11-12-32(19-22-50(8)26-29(25-49-7)27-51(9)54-28(2)3)40-38(39(44)31-13-15-33(16-14-31)42(6,45)46)36(30-17-20-43(47,48)21-18-30)37-34(52(40)10)23-41(4,5)24-35(37)53;2*1-2/h13-16,25,28,30,32,34-35,39,53H,7,11-12,17-24,26-27H2,1-6,8-10H3;2*1-2H3/b29-25+;;. The van der Waals surface area contributed by atoms with E-state index in [2.05, 4.69) is 42.3 Å². The minimum atomic E-state index is -3.08. The second kappa shape index (κ2) is 22.8. The van der Waals surface area contributed by atoms with Crippen LogP contribution in [-0.4, -0.2) is 91.6 Å². The normalized spacial score (nSPS) is 22.3. The fourth-order valence-corrected chi connectivity index (χ4v) is 9.11. The highest BCUT2D eigenvalue weighted by Gasteiger charge is 2.49. The number of rotatable bonds is 17. The third-order valence-corrected chi connectivity index (χ3v) is 11.5. The molecule has 58 heavy (non-hydrogen) atoms. The van der Waals surface area contributed by atoms with Crippen LogP contribution in [-0.2, 0) is 10.8 Å². The lowest BCUT2D eigenvalue weighted by Gasteiger charge is -2.52. The molecule has 0 amide bonds. The second-order valence-electron chi connectivity index (χ2n) is 17.3. The van der Waals surface area contributed by atoms with Crippen LogP contribution in [0.15, 0.2) is 63.4 Å². The molecule has 4 rings (SSSR count). The molecule has 4 unspecified atom stereocenters. The largest absolute Gasteiger partial charge is 0.389 e. The molecule has 0 radical (unpaired) electrons. The highest BCUT2D eigenvalue weighted by atomic mass is 19.3. The summed E-state index contributed by atoms with van der Waals surface area (Å²) in [7, 11) is 5.91. The van der Waals surface area contributed by atoms with E-state index in [0.717, 1.165) is 43.0 Å². The second-order valence-corrected chi connectivity index (χ2v) is 17.3. The topological polar surface area (TPSA) is 51.5 Å². The van der Waals surface area contributed by atoms with E-state index >= 15 is 4.39 Å². The van der Waals surface area contributed by atoms with Crippen molar-refractivity contribution in [2.45, 2.75) is 163 Å². The number of aliphatic imine (C=N–C) groups is 1. The fraction of sp³-hybridized carbons (Fsp3) is 0.723. The number of hydrogen-bond donors (Lipinski definition) is 1. The van der Waals surface area contributed by atoms with Crippen molar-refractivity contribution in [3.63, 3.8) is 0 Å². The Hall–Kier alpha value is -2.60. The minimum Gasteiger partial charge on any atom is -0.389 e. The first-order valence-electron chi connectivity index (χ1n) is 21.8. The first-order chi connectivity index (χ1) is 27.2. The SMILES string of the molecule is C=N/C=C(\CN(C)CCC(CCC)C1=C(C(F)c2ccc(C(C)(F)F)cc2)C(C2CCC(F)(F)CC2)=C2C(O)CC(C)(C)CC2N1C)CN(C)OC(C)C.CC.CC. The molecule has 6 nitrogen and oxygen atoms in total. The van der Waals surface area contributed by atoms with Crippen LogP contribution in [0.5, 0.6) is 0 Å². The lowest BCUT2D eigenvalue weighted by Crippen LogP contribution is -2.50. The average Bonchev–Trinajstić information content (AvgIpc) is 3.14. The van der Waals surface area contributed by atoms with Gasteiger partial charge in [-0.05, 0) is 106 Å². The monoisotopic (exact) mass is 825 g/mol. The number of aliphatic hydroxyl groups is 1. The van der Waals surface area contributed by atoms with Gasteiger partial charge < -0.3 is 14.9 Å². The summed E-state index contributed by atoms with van der Waals surface area (Å²) in [6.07, 6.45) is 2.48. The summed E-state index contributed by atoms with van der Waals surface area (Å²) in [5.41, 5.74) is 3.54. The van der Waals surface area contributed by atoms with E-state index in [9.17, 15) is 22.7 Å². The summed E-state index contributed by atoms with van der Waals surface area (Å²) in [5.74, 6) is -6.33. The Bertz CT molecular complexity index is 1510. The van der Waals surface area contributed by atoms with Gasteiger partial charge in [-0.3, -0.25) is 9.83 Å². The van der Waals surface area contributed by atoms with Crippen LogP contribution in [0, 0.1) is 17.3 Å². The molecule has 0 aromatic heterocycles. The fourth-order valence-electron chi connectivity index (χ4n) is 9.11. The van der Waals surface area contributed by atoms with E-state index in [-0.39, 0.29) is 66.2 Å². The molecule has 2 saturated carbocycles. The van der Waals surface area contributed by atoms with E-state index < -0.39 is 24.1 Å². The third-order valence-electron chi connectivity index (χ3n) is 11.5. The molecule has 0 spiro atoms. The zero-order chi connectivity index (χ0) is 44.2. The molecule has 1 aromatic carbocycles. The number of allylic oxidation sites excluding steroid dienone is 3. The zero-order valence-corrected chi connectivity index (χ0v) is 38.1. The number of fused-ring (bicyclic) bond motifs is 1. The zero-order valence-electron chi connectivity index (χ0n) is 38.1. The van der Waals surface area contributed by atoms with E-state index in [1.807, 2.05) is 62.7 Å². The van der Waals surface area contributed by atoms with Crippen molar-refractivity contribution in [3.8, 4) is 0 Å². The summed E-state index contributed by atoms with van der Waals surface area (Å²) >= 11 is 0. The molecule has 1 N–H and O–H groups in total. The highest BCUT2D eigenvalue weighted by Crippen LogP contribution is 2.55. The number of benzene rings is 1. The molecule has 1 aliphatic heterocycles. The van der Waals surface area contributed by atoms with Crippen LogP contribution in [0.25, 0.3) is 0 Å². The van der Waals surface area contributed by atoms with E-state index in [0.29, 0.717) is 43.6 Å². The molecule has 2 fully saturated rings. The number of aliphatic hydroxyl groups excluding tert-OH is 1. The van der Waals surface area contributed by atoms with Gasteiger partial charge in [0.1, 0.15) is 0 Å². The molecular formula is C47H77F5N4O2. The lowest BCUT2D eigenvalue weighted by molar-refractivity contribution is -0.164. The summed E-state index contributed by atoms with van der Waals surface area (Å²) in [6.45, 7) is 24.6. The van der Waals surface area contributed by atoms with Gasteiger partial charge in [-0.1, -0.05) is 79.2 Å². The van der Waals surface area contributed by atoms with Gasteiger partial charge >= 0.3 is 0 Å². The first kappa shape index (κ1) is 51.5. The number of likely N-dealkylation sites (N-methyl/N-ethyl adjacent to an activating group) is 3. The van der Waals surface area contributed by atoms with Crippen LogP contribution in [0.1, 0.15) is 144 Å². The van der Waals surface area contributed by atoms with Crippen molar-refractivity contribution in [2.75, 3.05) is 40.8 Å². The van der Waals surface area contributed by atoms with Crippen LogP contribution in [0.2, 0.25) is 0 Å². The molecule has 2 aliphatic carbocycles. The van der Waals surface area contributed by atoms with Crippen molar-refractivity contribution in [3.05, 3.63) is 69.6 Å². The van der Waals surface area contributed by atoms with Crippen LogP contribution < -0.4 is 0 Å². The van der Waals surface area contributed by atoms with Gasteiger partial charge in [0, 0.05) is 75.9 Å². The molecule has 1 heterocycles. The first-order valence-corrected chi connectivity index (χ1v) is 21.8. The minimum absolute atomic E-state index is 0.0284. The summed E-state index contributed by atoms with van der Waals surface area (Å²) in [4.78, 5) is 14.2. The molecular weight excluding hydrogens is 748 g/mol. The predicted octanol–water partition coefficient (Wildman–Crippen LogP) is 12.3. The molecule has 332 valence electrons. The van der Waals surface area contributed by atoms with Gasteiger partial charge in [-0.15, -0.1) is 0 Å². The van der Waals surface area contributed by atoms with Gasteiger partial charge in [0.25, 0.3) is 5.92 Å². The predicted molar refractivity (Wildman–Crippen MR) is 231 cm³/mol. The molecule has 3 aliphatic rings. The lowest BCUT2D eigenvalue weighted by atomic mass is 9.63. The molecule has 0 bridgehead atoms. The van der Waals surface area contributed by atoms with E-state index in [4.69, 9.17) is 4.84 Å². The smallest absolute Gasteiger partial charge is 0.270 e. The van der Waals surface area contributed by atoms with Crippen LogP contribution >= 0.6 is 0 Å². The number of hydroxylamine groups is 2. The number of nitrogens with zero attached hydrogens (tertiary/aromatic N) is 4. The Morgan fingerprint density at radius 1 is 1.03 bits per heavy atom. The maximum atomic E-state index is 17.7. The van der Waals surface area contributed by atoms with Gasteiger partial charge in [-0.2, -0.15) is 5.06 Å². The number of alkyl halides is 5. The summed E-state index contributed by atoms with van der Waals surface area (Å²) in [6, 6.07) is 5.17. The van der Waals surface area contributed by atoms with E-state index in [1.54, 1.807) is 11.3 Å². The van der Waals surface area contributed by atoms with Gasteiger partial charge in [0.2, 0.25) is 5.92 Å². The van der Waals surface area contributed by atoms with Crippen molar-refractivity contribution in [1.29, 1.82) is 0 Å². The number of hydrogen-bond acceptors (Lipinski definition) is 6. The summed E-state index contributed by atoms with van der Waals surface area (Å²) in [5, 5.41) is 13.7. The molecule has 11 heteroatoms. The molecule has 4 atom stereocenters. The van der Waals surface area contributed by atoms with E-state index in [1.165, 1.54) is 24.3 Å². The highest BCUT2D eigenvalue weighted by molar-refractivity contribution is 5.53. The average molecular weight is 825 g/mol. The quantitative estimate of drug-likeness (QED) is 0.0963. The Kier molecular flexibility index (Phi) is 20.3. The molecule has 0 saturated heterocycles. The Balaban J connectivity index is 0.00000281. The van der Waals surface area contributed by atoms with Gasteiger partial charge in [-0.25, -0.2) is 22.0 Å².